The summed E-state index contributed by atoms with van der Waals surface area (Å²) in [6.07, 6.45) is 0. The zero-order chi connectivity index (χ0) is 20.6. The summed E-state index contributed by atoms with van der Waals surface area (Å²) in [4.78, 5) is 11.4. The van der Waals surface area contributed by atoms with Crippen molar-refractivity contribution in [3.63, 3.8) is 0 Å². The van der Waals surface area contributed by atoms with Gasteiger partial charge in [-0.1, -0.05) is 12.1 Å². The second kappa shape index (κ2) is 7.14. The molecule has 4 aromatic rings. The monoisotopic (exact) mass is 409 g/mol. The average molecular weight is 409 g/mol. The highest BCUT2D eigenvalue weighted by molar-refractivity contribution is 7.92. The van der Waals surface area contributed by atoms with E-state index in [1.165, 1.54) is 43.3 Å². The van der Waals surface area contributed by atoms with Gasteiger partial charge in [0.25, 0.3) is 10.0 Å². The fourth-order valence-corrected chi connectivity index (χ4v) is 4.11. The minimum Gasteiger partial charge on any atom is -0.295 e. The summed E-state index contributed by atoms with van der Waals surface area (Å²) in [6, 6.07) is 16.8. The molecule has 6 nitrogen and oxygen atoms in total. The number of carbonyl (C=O) groups is 1. The molecular weight excluding hydrogens is 393 g/mol. The Morgan fingerprint density at radius 1 is 1.03 bits per heavy atom. The van der Waals surface area contributed by atoms with Gasteiger partial charge in [-0.25, -0.2) is 12.8 Å². The number of hydrogen-bond donors (Lipinski definition) is 2. The van der Waals surface area contributed by atoms with Crippen LogP contribution in [0, 0.1) is 5.82 Å². The quantitative estimate of drug-likeness (QED) is 0.479. The van der Waals surface area contributed by atoms with Crippen LogP contribution in [0.25, 0.3) is 22.2 Å². The van der Waals surface area contributed by atoms with Gasteiger partial charge in [-0.2, -0.15) is 5.10 Å². The van der Waals surface area contributed by atoms with Crippen molar-refractivity contribution in [1.29, 1.82) is 0 Å². The molecular formula is C21H16FN3O3S. The maximum Gasteiger partial charge on any atom is 0.261 e. The molecule has 0 fully saturated rings. The van der Waals surface area contributed by atoms with Gasteiger partial charge in [-0.15, -0.1) is 0 Å². The van der Waals surface area contributed by atoms with E-state index in [9.17, 15) is 17.6 Å². The number of nitrogens with zero attached hydrogens (tertiary/aromatic N) is 1. The largest absolute Gasteiger partial charge is 0.295 e. The average Bonchev–Trinajstić information content (AvgIpc) is 3.11. The van der Waals surface area contributed by atoms with Crippen LogP contribution in [0.4, 0.5) is 10.1 Å². The minimum atomic E-state index is -3.85. The number of rotatable bonds is 5. The van der Waals surface area contributed by atoms with E-state index in [2.05, 4.69) is 14.9 Å². The molecule has 0 spiro atoms. The SMILES string of the molecule is CC(=O)c1ccc(NS(=O)(=O)c2cccc(-c3n[nH]c4cc(F)ccc34)c2)cc1. The number of hydrogen-bond acceptors (Lipinski definition) is 4. The number of ketones is 1. The molecule has 8 heteroatoms. The fraction of sp³-hybridized carbons (Fsp3) is 0.0476. The molecule has 0 unspecified atom stereocenters. The van der Waals surface area contributed by atoms with Crippen LogP contribution in [0.1, 0.15) is 17.3 Å². The van der Waals surface area contributed by atoms with Crippen molar-refractivity contribution in [1.82, 2.24) is 10.2 Å². The molecule has 0 saturated carbocycles. The molecule has 0 aliphatic heterocycles. The first-order valence-electron chi connectivity index (χ1n) is 8.71. The van der Waals surface area contributed by atoms with Gasteiger partial charge in [0, 0.05) is 22.2 Å². The van der Waals surface area contributed by atoms with Gasteiger partial charge in [0.1, 0.15) is 5.82 Å². The number of Topliss-reactive ketones (excluding diaryl/α,β-unsaturated/α-hetero) is 1. The van der Waals surface area contributed by atoms with Crippen molar-refractivity contribution in [3.8, 4) is 11.3 Å². The molecule has 0 atom stereocenters. The summed E-state index contributed by atoms with van der Waals surface area (Å²) >= 11 is 0. The number of nitrogens with one attached hydrogen (secondary N) is 2. The van der Waals surface area contributed by atoms with Gasteiger partial charge < -0.3 is 0 Å². The number of fused-ring (bicyclic) bond motifs is 1. The number of sulfonamides is 1. The number of halogens is 1. The van der Waals surface area contributed by atoms with Crippen molar-refractivity contribution < 1.29 is 17.6 Å². The van der Waals surface area contributed by atoms with Crippen LogP contribution >= 0.6 is 0 Å². The summed E-state index contributed by atoms with van der Waals surface area (Å²) < 4.78 is 41.5. The van der Waals surface area contributed by atoms with E-state index >= 15 is 0 Å². The zero-order valence-electron chi connectivity index (χ0n) is 15.3. The van der Waals surface area contributed by atoms with Crippen LogP contribution < -0.4 is 4.72 Å². The molecule has 29 heavy (non-hydrogen) atoms. The first kappa shape index (κ1) is 18.8. The summed E-state index contributed by atoms with van der Waals surface area (Å²) in [5.74, 6) is -0.484. The lowest BCUT2D eigenvalue weighted by Gasteiger charge is -2.09. The Hall–Kier alpha value is -3.52. The van der Waals surface area contributed by atoms with Crippen molar-refractivity contribution in [2.75, 3.05) is 4.72 Å². The number of benzene rings is 3. The van der Waals surface area contributed by atoms with Crippen LogP contribution in [0.15, 0.2) is 71.6 Å². The number of aromatic amines is 1. The van der Waals surface area contributed by atoms with Crippen LogP contribution in [0.5, 0.6) is 0 Å². The van der Waals surface area contributed by atoms with Crippen LogP contribution in [0.2, 0.25) is 0 Å². The van der Waals surface area contributed by atoms with E-state index in [1.54, 1.807) is 30.3 Å². The molecule has 0 amide bonds. The number of aromatic nitrogens is 2. The highest BCUT2D eigenvalue weighted by atomic mass is 32.2. The van der Waals surface area contributed by atoms with E-state index in [0.717, 1.165) is 0 Å². The van der Waals surface area contributed by atoms with Gasteiger partial charge in [0.15, 0.2) is 5.78 Å². The number of H-pyrrole nitrogens is 1. The van der Waals surface area contributed by atoms with Gasteiger partial charge in [-0.3, -0.25) is 14.6 Å². The maximum atomic E-state index is 13.4. The highest BCUT2D eigenvalue weighted by Crippen LogP contribution is 2.28. The number of anilines is 1. The third kappa shape index (κ3) is 3.74. The molecule has 3 aromatic carbocycles. The molecule has 0 aliphatic rings. The molecule has 1 heterocycles. The lowest BCUT2D eigenvalue weighted by atomic mass is 10.1. The highest BCUT2D eigenvalue weighted by Gasteiger charge is 2.17. The third-order valence-electron chi connectivity index (χ3n) is 4.49. The third-order valence-corrected chi connectivity index (χ3v) is 5.87. The molecule has 4 rings (SSSR count). The smallest absolute Gasteiger partial charge is 0.261 e. The van der Waals surface area contributed by atoms with E-state index in [-0.39, 0.29) is 16.5 Å². The topological polar surface area (TPSA) is 91.9 Å². The maximum absolute atomic E-state index is 13.4. The number of carbonyl (C=O) groups excluding carboxylic acids is 1. The lowest BCUT2D eigenvalue weighted by molar-refractivity contribution is 0.101. The first-order chi connectivity index (χ1) is 13.8. The first-order valence-corrected chi connectivity index (χ1v) is 10.2. The van der Waals surface area contributed by atoms with Crippen molar-refractivity contribution in [2.24, 2.45) is 0 Å². The molecule has 0 saturated heterocycles. The van der Waals surface area contributed by atoms with E-state index in [4.69, 9.17) is 0 Å². The summed E-state index contributed by atoms with van der Waals surface area (Å²) in [5, 5.41) is 7.65. The standard InChI is InChI=1S/C21H16FN3O3S/c1-13(26)14-5-8-17(9-6-14)25-29(27,28)18-4-2-3-15(11-18)21-19-10-7-16(22)12-20(19)23-24-21/h2-12,25H,1H3,(H,23,24). The van der Waals surface area contributed by atoms with Crippen molar-refractivity contribution >= 4 is 32.4 Å². The van der Waals surface area contributed by atoms with Crippen LogP contribution in [-0.4, -0.2) is 24.4 Å². The molecule has 2 N–H and O–H groups in total. The summed E-state index contributed by atoms with van der Waals surface area (Å²) in [6.45, 7) is 1.44. The summed E-state index contributed by atoms with van der Waals surface area (Å²) in [7, 11) is -3.85. The Bertz CT molecular complexity index is 1330. The van der Waals surface area contributed by atoms with E-state index < -0.39 is 10.0 Å². The second-order valence-corrected chi connectivity index (χ2v) is 8.21. The van der Waals surface area contributed by atoms with Gasteiger partial charge in [0.05, 0.1) is 16.1 Å². The van der Waals surface area contributed by atoms with Crippen LogP contribution in [0.3, 0.4) is 0 Å². The van der Waals surface area contributed by atoms with Gasteiger partial charge >= 0.3 is 0 Å². The Morgan fingerprint density at radius 2 is 1.79 bits per heavy atom. The zero-order valence-corrected chi connectivity index (χ0v) is 16.1. The van der Waals surface area contributed by atoms with E-state index in [1.807, 2.05) is 0 Å². The second-order valence-electron chi connectivity index (χ2n) is 6.53. The Labute approximate surface area is 166 Å². The normalized spacial score (nSPS) is 11.5. The predicted molar refractivity (Wildman–Crippen MR) is 109 cm³/mol. The molecule has 146 valence electrons. The predicted octanol–water partition coefficient (Wildman–Crippen LogP) is 4.37. The van der Waals surface area contributed by atoms with Crippen molar-refractivity contribution in [2.45, 2.75) is 11.8 Å². The minimum absolute atomic E-state index is 0.0592. The fourth-order valence-electron chi connectivity index (χ4n) is 3.01. The van der Waals surface area contributed by atoms with Gasteiger partial charge in [0.2, 0.25) is 0 Å². The van der Waals surface area contributed by atoms with Crippen LogP contribution in [-0.2, 0) is 10.0 Å². The lowest BCUT2D eigenvalue weighted by Crippen LogP contribution is -2.13. The molecule has 1 aromatic heterocycles. The van der Waals surface area contributed by atoms with E-state index in [0.29, 0.717) is 33.4 Å². The molecule has 0 aliphatic carbocycles. The van der Waals surface area contributed by atoms with Crippen molar-refractivity contribution in [3.05, 3.63) is 78.1 Å². The van der Waals surface area contributed by atoms with Gasteiger partial charge in [-0.05, 0) is 61.5 Å². The molecule has 0 bridgehead atoms. The Balaban J connectivity index is 1.67. The summed E-state index contributed by atoms with van der Waals surface area (Å²) in [5.41, 5.74) is 2.48. The Kier molecular flexibility index (Phi) is 4.63. The Morgan fingerprint density at radius 3 is 2.52 bits per heavy atom. The molecule has 0 radical (unpaired) electrons.